The van der Waals surface area contributed by atoms with Crippen molar-refractivity contribution in [2.24, 2.45) is 0 Å². The molecule has 2 rings (SSSR count). The lowest BCUT2D eigenvalue weighted by atomic mass is 10.0. The number of hydrogen-bond donors (Lipinski definition) is 0. The molecule has 0 unspecified atom stereocenters. The van der Waals surface area contributed by atoms with Gasteiger partial charge in [0.2, 0.25) is 0 Å². The Labute approximate surface area is 108 Å². The maximum Gasteiger partial charge on any atom is 0.338 e. The molecular formula is C15H20O3. The molecule has 18 heavy (non-hydrogen) atoms. The molecule has 0 N–H and O–H groups in total. The minimum Gasteiger partial charge on any atom is -0.459 e. The van der Waals surface area contributed by atoms with E-state index in [9.17, 15) is 4.79 Å². The van der Waals surface area contributed by atoms with E-state index in [-0.39, 0.29) is 12.1 Å². The van der Waals surface area contributed by atoms with Gasteiger partial charge in [0.15, 0.2) is 0 Å². The van der Waals surface area contributed by atoms with Crippen LogP contribution in [0.1, 0.15) is 48.5 Å². The van der Waals surface area contributed by atoms with Gasteiger partial charge < -0.3 is 9.47 Å². The summed E-state index contributed by atoms with van der Waals surface area (Å²) in [6.07, 6.45) is 2.13. The van der Waals surface area contributed by atoms with Gasteiger partial charge in [-0.25, -0.2) is 4.79 Å². The van der Waals surface area contributed by atoms with E-state index < -0.39 is 0 Å². The third-order valence-corrected chi connectivity index (χ3v) is 3.24. The van der Waals surface area contributed by atoms with E-state index in [0.29, 0.717) is 18.1 Å². The Hall–Kier alpha value is -1.35. The summed E-state index contributed by atoms with van der Waals surface area (Å²) >= 11 is 0. The number of carbonyl (C=O) groups is 1. The SMILES string of the molecule is CC(C)c1ccc(C(=O)OC[C@H]2CCCO2)cc1. The van der Waals surface area contributed by atoms with Gasteiger partial charge in [-0.3, -0.25) is 0 Å². The van der Waals surface area contributed by atoms with E-state index in [1.54, 1.807) is 0 Å². The summed E-state index contributed by atoms with van der Waals surface area (Å²) in [5, 5.41) is 0. The molecule has 3 heteroatoms. The van der Waals surface area contributed by atoms with Crippen molar-refractivity contribution in [3.8, 4) is 0 Å². The minimum absolute atomic E-state index is 0.0869. The number of hydrogen-bond acceptors (Lipinski definition) is 3. The number of rotatable bonds is 4. The summed E-state index contributed by atoms with van der Waals surface area (Å²) in [4.78, 5) is 11.8. The lowest BCUT2D eigenvalue weighted by Gasteiger charge is -2.11. The number of carbonyl (C=O) groups excluding carboxylic acids is 1. The van der Waals surface area contributed by atoms with Crippen molar-refractivity contribution in [1.29, 1.82) is 0 Å². The van der Waals surface area contributed by atoms with E-state index in [4.69, 9.17) is 9.47 Å². The largest absolute Gasteiger partial charge is 0.459 e. The summed E-state index contributed by atoms with van der Waals surface area (Å²) in [7, 11) is 0. The highest BCUT2D eigenvalue weighted by Gasteiger charge is 2.18. The Kier molecular flexibility index (Phi) is 4.37. The molecule has 3 nitrogen and oxygen atoms in total. The molecule has 1 heterocycles. The van der Waals surface area contributed by atoms with Crippen LogP contribution in [0.15, 0.2) is 24.3 Å². The summed E-state index contributed by atoms with van der Waals surface area (Å²) in [5.74, 6) is 0.211. The quantitative estimate of drug-likeness (QED) is 0.768. The molecule has 0 spiro atoms. The fourth-order valence-electron chi connectivity index (χ4n) is 2.03. The maximum absolute atomic E-state index is 11.8. The highest BCUT2D eigenvalue weighted by atomic mass is 16.6. The van der Waals surface area contributed by atoms with Crippen molar-refractivity contribution >= 4 is 5.97 Å². The summed E-state index contributed by atoms with van der Waals surface area (Å²) in [5.41, 5.74) is 1.84. The first-order valence-corrected chi connectivity index (χ1v) is 6.55. The average molecular weight is 248 g/mol. The molecule has 0 saturated carbocycles. The second-order valence-electron chi connectivity index (χ2n) is 5.01. The first kappa shape index (κ1) is 13.1. The van der Waals surface area contributed by atoms with E-state index in [2.05, 4.69) is 13.8 Å². The lowest BCUT2D eigenvalue weighted by Crippen LogP contribution is -2.17. The van der Waals surface area contributed by atoms with Crippen LogP contribution in [0.3, 0.4) is 0 Å². The van der Waals surface area contributed by atoms with Crippen LogP contribution in [-0.2, 0) is 9.47 Å². The third-order valence-electron chi connectivity index (χ3n) is 3.24. The van der Waals surface area contributed by atoms with E-state index in [1.807, 2.05) is 24.3 Å². The molecule has 1 fully saturated rings. The molecule has 1 aliphatic rings. The smallest absolute Gasteiger partial charge is 0.338 e. The van der Waals surface area contributed by atoms with Gasteiger partial charge in [0, 0.05) is 6.61 Å². The van der Waals surface area contributed by atoms with E-state index in [1.165, 1.54) is 5.56 Å². The monoisotopic (exact) mass is 248 g/mol. The molecule has 1 aromatic carbocycles. The van der Waals surface area contributed by atoms with Gasteiger partial charge in [-0.2, -0.15) is 0 Å². The molecule has 0 aromatic heterocycles. The van der Waals surface area contributed by atoms with Crippen molar-refractivity contribution < 1.29 is 14.3 Å². The molecule has 98 valence electrons. The normalized spacial score (nSPS) is 19.2. The van der Waals surface area contributed by atoms with Crippen LogP contribution < -0.4 is 0 Å². The van der Waals surface area contributed by atoms with Crippen LogP contribution in [0.4, 0.5) is 0 Å². The van der Waals surface area contributed by atoms with E-state index in [0.717, 1.165) is 19.4 Å². The second kappa shape index (κ2) is 6.01. The summed E-state index contributed by atoms with van der Waals surface area (Å²) in [6, 6.07) is 7.61. The standard InChI is InChI=1S/C15H20O3/c1-11(2)12-5-7-13(8-6-12)15(16)18-10-14-4-3-9-17-14/h5-8,11,14H,3-4,9-10H2,1-2H3/t14-/m1/s1. The van der Waals surface area contributed by atoms with Gasteiger partial charge in [-0.15, -0.1) is 0 Å². The number of ether oxygens (including phenoxy) is 2. The van der Waals surface area contributed by atoms with Gasteiger partial charge in [0.25, 0.3) is 0 Å². The first-order chi connectivity index (χ1) is 8.66. The summed E-state index contributed by atoms with van der Waals surface area (Å²) in [6.45, 7) is 5.41. The molecule has 0 radical (unpaired) electrons. The van der Waals surface area contributed by atoms with Crippen molar-refractivity contribution in [2.45, 2.75) is 38.7 Å². The fraction of sp³-hybridized carbons (Fsp3) is 0.533. The number of benzene rings is 1. The molecule has 1 aliphatic heterocycles. The zero-order chi connectivity index (χ0) is 13.0. The van der Waals surface area contributed by atoms with Gasteiger partial charge in [-0.1, -0.05) is 26.0 Å². The van der Waals surface area contributed by atoms with Crippen molar-refractivity contribution in [2.75, 3.05) is 13.2 Å². The predicted octanol–water partition coefficient (Wildman–Crippen LogP) is 3.15. The van der Waals surface area contributed by atoms with Crippen LogP contribution in [-0.4, -0.2) is 25.3 Å². The number of esters is 1. The van der Waals surface area contributed by atoms with Crippen LogP contribution in [0, 0.1) is 0 Å². The van der Waals surface area contributed by atoms with E-state index >= 15 is 0 Å². The molecule has 0 aliphatic carbocycles. The Morgan fingerprint density at radius 2 is 2.11 bits per heavy atom. The third kappa shape index (κ3) is 3.33. The fourth-order valence-corrected chi connectivity index (χ4v) is 2.03. The topological polar surface area (TPSA) is 35.5 Å². The Morgan fingerprint density at radius 3 is 2.67 bits per heavy atom. The van der Waals surface area contributed by atoms with Crippen LogP contribution in [0.2, 0.25) is 0 Å². The van der Waals surface area contributed by atoms with Crippen molar-refractivity contribution in [1.82, 2.24) is 0 Å². The average Bonchev–Trinajstić information content (AvgIpc) is 2.89. The van der Waals surface area contributed by atoms with Crippen LogP contribution in [0.25, 0.3) is 0 Å². The van der Waals surface area contributed by atoms with Crippen molar-refractivity contribution in [3.05, 3.63) is 35.4 Å². The first-order valence-electron chi connectivity index (χ1n) is 6.55. The van der Waals surface area contributed by atoms with Gasteiger partial charge >= 0.3 is 5.97 Å². The minimum atomic E-state index is -0.263. The Bertz CT molecular complexity index is 389. The molecule has 1 saturated heterocycles. The Balaban J connectivity index is 1.87. The zero-order valence-corrected chi connectivity index (χ0v) is 11.0. The highest BCUT2D eigenvalue weighted by molar-refractivity contribution is 5.89. The molecular weight excluding hydrogens is 228 g/mol. The van der Waals surface area contributed by atoms with Crippen molar-refractivity contribution in [3.63, 3.8) is 0 Å². The predicted molar refractivity (Wildman–Crippen MR) is 69.8 cm³/mol. The summed E-state index contributed by atoms with van der Waals surface area (Å²) < 4.78 is 10.7. The maximum atomic E-state index is 11.8. The molecule has 1 atom stereocenters. The Morgan fingerprint density at radius 1 is 1.39 bits per heavy atom. The van der Waals surface area contributed by atoms with Gasteiger partial charge in [-0.05, 0) is 36.5 Å². The highest BCUT2D eigenvalue weighted by Crippen LogP contribution is 2.16. The lowest BCUT2D eigenvalue weighted by molar-refractivity contribution is 0.0161. The molecule has 0 amide bonds. The zero-order valence-electron chi connectivity index (χ0n) is 11.0. The van der Waals surface area contributed by atoms with Gasteiger partial charge in [0.05, 0.1) is 11.7 Å². The van der Waals surface area contributed by atoms with Crippen LogP contribution >= 0.6 is 0 Å². The molecule has 1 aromatic rings. The molecule has 0 bridgehead atoms. The van der Waals surface area contributed by atoms with Gasteiger partial charge in [0.1, 0.15) is 6.61 Å². The van der Waals surface area contributed by atoms with Crippen LogP contribution in [0.5, 0.6) is 0 Å². The second-order valence-corrected chi connectivity index (χ2v) is 5.01.